The van der Waals surface area contributed by atoms with Crippen molar-refractivity contribution in [3.05, 3.63) is 24.3 Å². The summed E-state index contributed by atoms with van der Waals surface area (Å²) in [6, 6.07) is 0. The lowest BCUT2D eigenvalue weighted by Gasteiger charge is -1.88. The Morgan fingerprint density at radius 2 is 1.27 bits per heavy atom. The van der Waals surface area contributed by atoms with Crippen LogP contribution in [0.25, 0.3) is 0 Å². The fourth-order valence-electron chi connectivity index (χ4n) is 0.450. The Morgan fingerprint density at radius 3 is 1.45 bits per heavy atom. The molecule has 1 aliphatic rings. The molecule has 0 unspecified atom stereocenters. The number of hydrogen-bond acceptors (Lipinski definition) is 2. The molecule has 0 saturated carbocycles. The molecule has 0 radical (unpaired) electrons. The van der Waals surface area contributed by atoms with Gasteiger partial charge in [-0.3, -0.25) is 9.59 Å². The van der Waals surface area contributed by atoms with Gasteiger partial charge in [0, 0.05) is 0 Å². The van der Waals surface area contributed by atoms with Crippen LogP contribution in [0.15, 0.2) is 24.3 Å². The summed E-state index contributed by atoms with van der Waals surface area (Å²) in [6.07, 6.45) is 5.60. The summed E-state index contributed by atoms with van der Waals surface area (Å²) < 4.78 is 0. The maximum Gasteiger partial charge on any atom is 0.225 e. The molecule has 0 aromatic rings. The highest BCUT2D eigenvalue weighted by Gasteiger charge is 2.06. The van der Waals surface area contributed by atoms with Gasteiger partial charge in [-0.2, -0.15) is 0 Å². The van der Waals surface area contributed by atoms with E-state index in [9.17, 15) is 9.59 Å². The maximum atomic E-state index is 10.3. The largest absolute Gasteiger partial charge is 0.286 e. The van der Waals surface area contributed by atoms with Crippen LogP contribution in [0.3, 0.4) is 0 Å². The minimum atomic E-state index is -0.437. The number of halogens is 2. The Hall–Kier alpha value is -0.600. The SMILES string of the molecule is ClCCl.O=C1C=CC=CC1=O. The summed E-state index contributed by atoms with van der Waals surface area (Å²) in [5, 5.41) is 0.194. The van der Waals surface area contributed by atoms with E-state index in [-0.39, 0.29) is 5.34 Å². The first-order valence-corrected chi connectivity index (χ1v) is 3.84. The summed E-state index contributed by atoms with van der Waals surface area (Å²) in [6.45, 7) is 0. The monoisotopic (exact) mass is 192 g/mol. The lowest BCUT2D eigenvalue weighted by Crippen LogP contribution is -2.08. The average Bonchev–Trinajstić information content (AvgIpc) is 1.97. The molecule has 0 aromatic carbocycles. The topological polar surface area (TPSA) is 34.1 Å². The van der Waals surface area contributed by atoms with Gasteiger partial charge in [-0.05, 0) is 12.2 Å². The van der Waals surface area contributed by atoms with E-state index in [0.717, 1.165) is 0 Å². The standard InChI is InChI=1S/C6H4O2.CH2Cl2/c7-5-3-1-2-4-6(5)8;2-1-3/h1-4H;1H2. The van der Waals surface area contributed by atoms with Gasteiger partial charge in [-0.25, -0.2) is 0 Å². The molecule has 1 aliphatic carbocycles. The average molecular weight is 193 g/mol. The zero-order valence-electron chi connectivity index (χ0n) is 5.59. The Bertz CT molecular complexity index is 184. The molecule has 60 valence electrons. The van der Waals surface area contributed by atoms with Crippen LogP contribution < -0.4 is 0 Å². The predicted octanol–water partition coefficient (Wildman–Crippen LogP) is 1.67. The van der Waals surface area contributed by atoms with Crippen LogP contribution in [0, 0.1) is 0 Å². The van der Waals surface area contributed by atoms with Gasteiger partial charge in [0.05, 0.1) is 5.34 Å². The third kappa shape index (κ3) is 4.76. The molecule has 0 amide bonds. The van der Waals surface area contributed by atoms with Gasteiger partial charge in [0.2, 0.25) is 11.6 Å². The van der Waals surface area contributed by atoms with E-state index in [1.54, 1.807) is 12.2 Å². The van der Waals surface area contributed by atoms with E-state index in [0.29, 0.717) is 0 Å². The van der Waals surface area contributed by atoms with Crippen molar-refractivity contribution in [2.75, 3.05) is 5.34 Å². The predicted molar refractivity (Wildman–Crippen MR) is 44.9 cm³/mol. The Balaban J connectivity index is 0.000000292. The smallest absolute Gasteiger partial charge is 0.225 e. The normalized spacial score (nSPS) is 14.4. The van der Waals surface area contributed by atoms with E-state index in [1.165, 1.54) is 12.2 Å². The van der Waals surface area contributed by atoms with Gasteiger partial charge in [-0.1, -0.05) is 12.2 Å². The maximum absolute atomic E-state index is 10.3. The molecule has 0 spiro atoms. The molecule has 0 aromatic heterocycles. The van der Waals surface area contributed by atoms with Crippen LogP contribution in [-0.4, -0.2) is 16.9 Å². The molecule has 0 saturated heterocycles. The molecule has 0 bridgehead atoms. The number of alkyl halides is 2. The molecule has 0 atom stereocenters. The summed E-state index contributed by atoms with van der Waals surface area (Å²) in [5.74, 6) is -0.875. The second kappa shape index (κ2) is 6.13. The third-order valence-electron chi connectivity index (χ3n) is 0.849. The molecule has 1 rings (SSSR count). The molecule has 0 N–H and O–H groups in total. The quantitative estimate of drug-likeness (QED) is 0.333. The van der Waals surface area contributed by atoms with Gasteiger partial charge in [0.25, 0.3) is 0 Å². The van der Waals surface area contributed by atoms with E-state index >= 15 is 0 Å². The van der Waals surface area contributed by atoms with Crippen molar-refractivity contribution in [2.45, 2.75) is 0 Å². The Kier molecular flexibility index (Phi) is 5.80. The van der Waals surface area contributed by atoms with Crippen LogP contribution in [0.4, 0.5) is 0 Å². The van der Waals surface area contributed by atoms with Crippen LogP contribution in [-0.2, 0) is 9.59 Å². The summed E-state index contributed by atoms with van der Waals surface area (Å²) in [4.78, 5) is 20.6. The molecule has 4 heteroatoms. The Morgan fingerprint density at radius 1 is 1.00 bits per heavy atom. The van der Waals surface area contributed by atoms with Gasteiger partial charge < -0.3 is 0 Å². The second-order valence-electron chi connectivity index (χ2n) is 1.55. The van der Waals surface area contributed by atoms with E-state index in [4.69, 9.17) is 23.2 Å². The summed E-state index contributed by atoms with van der Waals surface area (Å²) in [7, 11) is 0. The van der Waals surface area contributed by atoms with Crippen molar-refractivity contribution in [3.8, 4) is 0 Å². The van der Waals surface area contributed by atoms with Crippen molar-refractivity contribution in [3.63, 3.8) is 0 Å². The van der Waals surface area contributed by atoms with Gasteiger partial charge in [-0.15, -0.1) is 23.2 Å². The first-order valence-electron chi connectivity index (χ1n) is 2.77. The third-order valence-corrected chi connectivity index (χ3v) is 0.849. The minimum absolute atomic E-state index is 0.194. The number of allylic oxidation sites excluding steroid dienone is 4. The summed E-state index contributed by atoms with van der Waals surface area (Å²) in [5.41, 5.74) is 0. The number of hydrogen-bond donors (Lipinski definition) is 0. The molecule has 0 aliphatic heterocycles. The van der Waals surface area contributed by atoms with E-state index < -0.39 is 11.6 Å². The fourth-order valence-corrected chi connectivity index (χ4v) is 0.450. The van der Waals surface area contributed by atoms with Crippen molar-refractivity contribution < 1.29 is 9.59 Å². The first-order chi connectivity index (χ1) is 5.22. The molecule has 2 nitrogen and oxygen atoms in total. The zero-order valence-corrected chi connectivity index (χ0v) is 7.10. The fraction of sp³-hybridized carbons (Fsp3) is 0.143. The lowest BCUT2D eigenvalue weighted by molar-refractivity contribution is -0.131. The van der Waals surface area contributed by atoms with E-state index in [2.05, 4.69) is 0 Å². The van der Waals surface area contributed by atoms with Crippen LogP contribution in [0.2, 0.25) is 0 Å². The van der Waals surface area contributed by atoms with Crippen molar-refractivity contribution in [1.29, 1.82) is 0 Å². The van der Waals surface area contributed by atoms with Crippen LogP contribution >= 0.6 is 23.2 Å². The highest BCUT2D eigenvalue weighted by atomic mass is 35.5. The molecule has 0 heterocycles. The lowest BCUT2D eigenvalue weighted by atomic mass is 10.1. The van der Waals surface area contributed by atoms with Gasteiger partial charge >= 0.3 is 0 Å². The highest BCUT2D eigenvalue weighted by molar-refractivity contribution is 6.46. The summed E-state index contributed by atoms with van der Waals surface area (Å²) >= 11 is 9.53. The van der Waals surface area contributed by atoms with Crippen molar-refractivity contribution in [2.24, 2.45) is 0 Å². The molecule has 11 heavy (non-hydrogen) atoms. The Labute approximate surface area is 74.5 Å². The highest BCUT2D eigenvalue weighted by Crippen LogP contribution is 1.90. The number of carbonyl (C=O) groups excluding carboxylic acids is 2. The van der Waals surface area contributed by atoms with Crippen LogP contribution in [0.5, 0.6) is 0 Å². The molecular weight excluding hydrogens is 187 g/mol. The molecular formula is C7H6Cl2O2. The first kappa shape index (κ1) is 10.4. The van der Waals surface area contributed by atoms with Crippen molar-refractivity contribution in [1.82, 2.24) is 0 Å². The number of rotatable bonds is 0. The number of carbonyl (C=O) groups is 2. The van der Waals surface area contributed by atoms with Gasteiger partial charge in [0.15, 0.2) is 0 Å². The van der Waals surface area contributed by atoms with Crippen LogP contribution in [0.1, 0.15) is 0 Å². The van der Waals surface area contributed by atoms with Gasteiger partial charge in [0.1, 0.15) is 0 Å². The molecule has 0 fully saturated rings. The van der Waals surface area contributed by atoms with E-state index in [1.807, 2.05) is 0 Å². The zero-order chi connectivity index (χ0) is 8.69. The number of ketones is 2. The second-order valence-corrected chi connectivity index (χ2v) is 2.36. The minimum Gasteiger partial charge on any atom is -0.286 e. The van der Waals surface area contributed by atoms with Crippen molar-refractivity contribution >= 4 is 34.8 Å².